The van der Waals surface area contributed by atoms with Crippen molar-refractivity contribution in [1.29, 1.82) is 0 Å². The van der Waals surface area contributed by atoms with Gasteiger partial charge in [0.1, 0.15) is 5.75 Å². The van der Waals surface area contributed by atoms with Gasteiger partial charge in [0.25, 0.3) is 5.19 Å². The van der Waals surface area contributed by atoms with Crippen LogP contribution in [0.15, 0.2) is 24.3 Å². The molecule has 2 aromatic rings. The van der Waals surface area contributed by atoms with E-state index < -0.39 is 0 Å². The molecule has 1 aromatic heterocycles. The average Bonchev–Trinajstić information content (AvgIpc) is 3.09. The normalized spacial score (nSPS) is 15.3. The molecule has 0 atom stereocenters. The third-order valence-corrected chi connectivity index (χ3v) is 5.42. The van der Waals surface area contributed by atoms with E-state index in [0.717, 1.165) is 31.3 Å². The highest BCUT2D eigenvalue weighted by Crippen LogP contribution is 2.28. The summed E-state index contributed by atoms with van der Waals surface area (Å²) in [6.45, 7) is 12.0. The minimum absolute atomic E-state index is 0.509. The molecular weight excluding hydrogens is 344 g/mol. The fourth-order valence-corrected chi connectivity index (χ4v) is 4.02. The van der Waals surface area contributed by atoms with Gasteiger partial charge in [-0.1, -0.05) is 12.1 Å². The number of aromatic nitrogens is 2. The number of ether oxygens (including phenoxy) is 1. The topological polar surface area (TPSA) is 41.5 Å². The Morgan fingerprint density at radius 3 is 2.54 bits per heavy atom. The quantitative estimate of drug-likeness (QED) is 0.687. The third kappa shape index (κ3) is 4.95. The van der Waals surface area contributed by atoms with Crippen LogP contribution in [0.5, 0.6) is 10.9 Å². The SMILES string of the molecule is CC(C)N(Cc1cccc(Oc2nc(N3CCCCC3)ns2)c1)C(C)C. The molecule has 1 fully saturated rings. The summed E-state index contributed by atoms with van der Waals surface area (Å²) >= 11 is 1.33. The van der Waals surface area contributed by atoms with E-state index in [0.29, 0.717) is 17.3 Å². The molecule has 0 unspecified atom stereocenters. The smallest absolute Gasteiger partial charge is 0.300 e. The lowest BCUT2D eigenvalue weighted by atomic mass is 10.1. The first-order valence-corrected chi connectivity index (χ1v) is 10.4. The summed E-state index contributed by atoms with van der Waals surface area (Å²) in [5, 5.41) is 0.618. The predicted molar refractivity (Wildman–Crippen MR) is 108 cm³/mol. The lowest BCUT2D eigenvalue weighted by Crippen LogP contribution is -2.36. The summed E-state index contributed by atoms with van der Waals surface area (Å²) in [6.07, 6.45) is 3.75. The fraction of sp³-hybridized carbons (Fsp3) is 0.600. The van der Waals surface area contributed by atoms with Crippen LogP contribution in [0.1, 0.15) is 52.5 Å². The molecule has 0 amide bonds. The van der Waals surface area contributed by atoms with E-state index in [9.17, 15) is 0 Å². The van der Waals surface area contributed by atoms with Crippen molar-refractivity contribution >= 4 is 17.5 Å². The first kappa shape index (κ1) is 19.1. The van der Waals surface area contributed by atoms with Crippen LogP contribution >= 0.6 is 11.5 Å². The van der Waals surface area contributed by atoms with E-state index in [1.54, 1.807) is 0 Å². The first-order valence-electron chi connectivity index (χ1n) is 9.64. The van der Waals surface area contributed by atoms with Crippen molar-refractivity contribution in [2.24, 2.45) is 0 Å². The Labute approximate surface area is 161 Å². The van der Waals surface area contributed by atoms with E-state index in [1.807, 2.05) is 6.07 Å². The highest BCUT2D eigenvalue weighted by Gasteiger charge is 2.17. The maximum atomic E-state index is 5.99. The number of nitrogens with zero attached hydrogens (tertiary/aromatic N) is 4. The lowest BCUT2D eigenvalue weighted by Gasteiger charge is -2.30. The van der Waals surface area contributed by atoms with Gasteiger partial charge < -0.3 is 9.64 Å². The van der Waals surface area contributed by atoms with Crippen molar-refractivity contribution < 1.29 is 4.74 Å². The standard InChI is InChI=1S/C20H30N4OS/c1-15(2)24(16(3)4)14-17-9-8-10-18(13-17)25-20-21-19(22-26-20)23-11-6-5-7-12-23/h8-10,13,15-16H,5-7,11-12,14H2,1-4H3. The first-order chi connectivity index (χ1) is 12.5. The maximum absolute atomic E-state index is 5.99. The summed E-state index contributed by atoms with van der Waals surface area (Å²) in [4.78, 5) is 9.30. The van der Waals surface area contributed by atoms with E-state index in [4.69, 9.17) is 4.74 Å². The zero-order valence-corrected chi connectivity index (χ0v) is 17.1. The number of anilines is 1. The van der Waals surface area contributed by atoms with Crippen LogP contribution in [0, 0.1) is 0 Å². The average molecular weight is 375 g/mol. The Morgan fingerprint density at radius 2 is 1.85 bits per heavy atom. The molecule has 3 rings (SSSR count). The summed E-state index contributed by atoms with van der Waals surface area (Å²) in [7, 11) is 0. The second-order valence-electron chi connectivity index (χ2n) is 7.52. The van der Waals surface area contributed by atoms with Gasteiger partial charge in [0.15, 0.2) is 0 Å². The zero-order valence-electron chi connectivity index (χ0n) is 16.3. The van der Waals surface area contributed by atoms with Gasteiger partial charge in [0.2, 0.25) is 5.95 Å². The molecule has 0 saturated carbocycles. The van der Waals surface area contributed by atoms with Crippen LogP contribution in [0.4, 0.5) is 5.95 Å². The molecule has 0 radical (unpaired) electrons. The molecule has 1 aromatic carbocycles. The lowest BCUT2D eigenvalue weighted by molar-refractivity contribution is 0.166. The molecule has 1 aliphatic rings. The van der Waals surface area contributed by atoms with Crippen molar-refractivity contribution in [3.8, 4) is 10.9 Å². The van der Waals surface area contributed by atoms with Gasteiger partial charge in [-0.15, -0.1) is 4.37 Å². The molecule has 0 N–H and O–H groups in total. The van der Waals surface area contributed by atoms with E-state index in [2.05, 4.69) is 65.1 Å². The molecule has 0 spiro atoms. The maximum Gasteiger partial charge on any atom is 0.300 e. The Bertz CT molecular complexity index is 687. The zero-order chi connectivity index (χ0) is 18.5. The van der Waals surface area contributed by atoms with Crippen LogP contribution < -0.4 is 9.64 Å². The fourth-order valence-electron chi connectivity index (χ4n) is 3.45. The highest BCUT2D eigenvalue weighted by atomic mass is 32.1. The van der Waals surface area contributed by atoms with Crippen molar-refractivity contribution in [3.63, 3.8) is 0 Å². The monoisotopic (exact) mass is 374 g/mol. The highest BCUT2D eigenvalue weighted by molar-refractivity contribution is 7.07. The summed E-state index contributed by atoms with van der Waals surface area (Å²) < 4.78 is 10.5. The van der Waals surface area contributed by atoms with Gasteiger partial charge in [0.05, 0.1) is 0 Å². The predicted octanol–water partition coefficient (Wildman–Crippen LogP) is 4.94. The number of piperidine rings is 1. The van der Waals surface area contributed by atoms with Crippen LogP contribution in [0.3, 0.4) is 0 Å². The van der Waals surface area contributed by atoms with Gasteiger partial charge in [-0.2, -0.15) is 4.98 Å². The van der Waals surface area contributed by atoms with E-state index in [1.165, 1.54) is 36.4 Å². The molecule has 0 bridgehead atoms. The molecular formula is C20H30N4OS. The molecule has 6 heteroatoms. The summed E-state index contributed by atoms with van der Waals surface area (Å²) in [5.74, 6) is 1.64. The van der Waals surface area contributed by atoms with Gasteiger partial charge >= 0.3 is 0 Å². The number of hydrogen-bond donors (Lipinski definition) is 0. The second kappa shape index (κ2) is 8.82. The van der Waals surface area contributed by atoms with Crippen molar-refractivity contribution in [2.75, 3.05) is 18.0 Å². The van der Waals surface area contributed by atoms with Gasteiger partial charge in [-0.3, -0.25) is 4.90 Å². The number of rotatable bonds is 7. The van der Waals surface area contributed by atoms with Crippen molar-refractivity contribution in [2.45, 2.75) is 65.6 Å². The minimum atomic E-state index is 0.509. The van der Waals surface area contributed by atoms with Gasteiger partial charge in [0, 0.05) is 43.3 Å². The summed E-state index contributed by atoms with van der Waals surface area (Å²) in [5.41, 5.74) is 1.26. The second-order valence-corrected chi connectivity index (χ2v) is 8.23. The Kier molecular flexibility index (Phi) is 6.48. The van der Waals surface area contributed by atoms with E-state index >= 15 is 0 Å². The molecule has 1 saturated heterocycles. The van der Waals surface area contributed by atoms with Crippen molar-refractivity contribution in [3.05, 3.63) is 29.8 Å². The molecule has 2 heterocycles. The third-order valence-electron chi connectivity index (χ3n) is 4.83. The number of benzene rings is 1. The van der Waals surface area contributed by atoms with Crippen LogP contribution in [-0.2, 0) is 6.54 Å². The van der Waals surface area contributed by atoms with Gasteiger partial charge in [-0.05, 0) is 64.7 Å². The van der Waals surface area contributed by atoms with Gasteiger partial charge in [-0.25, -0.2) is 0 Å². The van der Waals surface area contributed by atoms with Crippen LogP contribution in [0.2, 0.25) is 0 Å². The molecule has 5 nitrogen and oxygen atoms in total. The molecule has 1 aliphatic heterocycles. The van der Waals surface area contributed by atoms with Crippen LogP contribution in [-0.4, -0.2) is 39.4 Å². The summed E-state index contributed by atoms with van der Waals surface area (Å²) in [6, 6.07) is 9.32. The Hall–Kier alpha value is -1.66. The van der Waals surface area contributed by atoms with Crippen molar-refractivity contribution in [1.82, 2.24) is 14.3 Å². The Balaban J connectivity index is 1.66. The Morgan fingerprint density at radius 1 is 1.12 bits per heavy atom. The molecule has 0 aliphatic carbocycles. The molecule has 26 heavy (non-hydrogen) atoms. The van der Waals surface area contributed by atoms with E-state index in [-0.39, 0.29) is 0 Å². The largest absolute Gasteiger partial charge is 0.430 e. The van der Waals surface area contributed by atoms with Crippen LogP contribution in [0.25, 0.3) is 0 Å². The number of hydrogen-bond acceptors (Lipinski definition) is 6. The minimum Gasteiger partial charge on any atom is -0.430 e. The molecule has 142 valence electrons.